The van der Waals surface area contributed by atoms with Crippen LogP contribution in [0.25, 0.3) is 0 Å². The molecule has 0 spiro atoms. The summed E-state index contributed by atoms with van der Waals surface area (Å²) < 4.78 is 3.95. The molecule has 22 heavy (non-hydrogen) atoms. The number of hydrazine groups is 1. The molecule has 8 nitrogen and oxygen atoms in total. The Morgan fingerprint density at radius 1 is 1.50 bits per heavy atom. The van der Waals surface area contributed by atoms with Crippen LogP contribution >= 0.6 is 34.4 Å². The van der Waals surface area contributed by atoms with Gasteiger partial charge in [-0.15, -0.1) is 0 Å². The van der Waals surface area contributed by atoms with Gasteiger partial charge in [0.1, 0.15) is 0 Å². The maximum atomic E-state index is 11.5. The number of alkyl halides is 1. The number of thioether (sulfide) groups is 1. The molecule has 2 saturated heterocycles. The second-order valence-corrected chi connectivity index (χ2v) is 7.68. The fraction of sp³-hybridized carbons (Fsp3) is 0.750. The van der Waals surface area contributed by atoms with Crippen molar-refractivity contribution in [1.82, 2.24) is 10.3 Å². The number of nitrogens with zero attached hydrogens (tertiary/aromatic N) is 1. The first-order valence-electron chi connectivity index (χ1n) is 6.99. The monoisotopic (exact) mass is 442 g/mol. The average Bonchev–Trinajstić information content (AvgIpc) is 2.96. The minimum atomic E-state index is -0.919. The van der Waals surface area contributed by atoms with E-state index >= 15 is 0 Å². The molecule has 124 valence electrons. The predicted octanol–water partition coefficient (Wildman–Crippen LogP) is 0.0879. The number of ether oxygens (including phenoxy) is 1. The number of unbranched alkanes of at least 4 members (excludes halogenated alkanes) is 1. The van der Waals surface area contributed by atoms with Crippen molar-refractivity contribution in [3.63, 3.8) is 0 Å². The minimum absolute atomic E-state index is 0.0260. The van der Waals surface area contributed by atoms with E-state index < -0.39 is 16.0 Å². The highest BCUT2D eigenvalue weighted by Crippen LogP contribution is 2.36. The van der Waals surface area contributed by atoms with Crippen LogP contribution in [0, 0.1) is 0 Å². The fourth-order valence-corrected chi connectivity index (χ4v) is 4.52. The largest absolute Gasteiger partial charge is 0.441 e. The molecule has 0 aromatic carbocycles. The van der Waals surface area contributed by atoms with Crippen molar-refractivity contribution in [1.29, 1.82) is 0 Å². The molecule has 0 saturated carbocycles. The Bertz CT molecular complexity index is 466. The zero-order chi connectivity index (χ0) is 16.3. The van der Waals surface area contributed by atoms with Gasteiger partial charge in [0.2, 0.25) is 4.11 Å². The lowest BCUT2D eigenvalue weighted by Gasteiger charge is -2.22. The maximum absolute atomic E-state index is 11.5. The van der Waals surface area contributed by atoms with Gasteiger partial charge in [0.25, 0.3) is 5.91 Å². The van der Waals surface area contributed by atoms with E-state index in [4.69, 9.17) is 16.3 Å². The number of carbonyl (C=O) groups excluding carboxylic acids is 3. The smallest absolute Gasteiger partial charge is 0.332 e. The highest BCUT2D eigenvalue weighted by atomic mass is 127. The Morgan fingerprint density at radius 2 is 2.23 bits per heavy atom. The SMILES string of the molecule is NC(=O)C(I)OC(=O)CCCC[C@H]1SC[C@H]2NC(=O)N(N)[C@H]21. The molecule has 0 aromatic rings. The molecule has 1 unspecified atom stereocenters. The van der Waals surface area contributed by atoms with Crippen LogP contribution in [0.1, 0.15) is 25.7 Å². The molecule has 0 bridgehead atoms. The lowest BCUT2D eigenvalue weighted by atomic mass is 10.0. The van der Waals surface area contributed by atoms with Crippen LogP contribution in [0.5, 0.6) is 0 Å². The molecule has 0 aromatic heterocycles. The lowest BCUT2D eigenvalue weighted by molar-refractivity contribution is -0.149. The Morgan fingerprint density at radius 3 is 2.91 bits per heavy atom. The predicted molar refractivity (Wildman–Crippen MR) is 89.9 cm³/mol. The lowest BCUT2D eigenvalue weighted by Crippen LogP contribution is -2.45. The molecule has 4 atom stereocenters. The third-order valence-corrected chi connectivity index (χ3v) is 6.09. The highest BCUT2D eigenvalue weighted by Gasteiger charge is 2.47. The Kier molecular flexibility index (Phi) is 6.15. The molecule has 2 rings (SSSR count). The van der Waals surface area contributed by atoms with Gasteiger partial charge in [-0.1, -0.05) is 6.42 Å². The maximum Gasteiger partial charge on any atom is 0.332 e. The van der Waals surface area contributed by atoms with E-state index in [0.717, 1.165) is 18.6 Å². The summed E-state index contributed by atoms with van der Waals surface area (Å²) in [6, 6.07) is -0.0748. The molecule has 2 aliphatic heterocycles. The third kappa shape index (κ3) is 4.16. The van der Waals surface area contributed by atoms with Crippen LogP contribution in [0.4, 0.5) is 4.79 Å². The van der Waals surface area contributed by atoms with Crippen LogP contribution in [0.3, 0.4) is 0 Å². The number of hydrogen-bond donors (Lipinski definition) is 3. The molecular formula is C12H19IN4O4S. The normalized spacial score (nSPS) is 28.2. The summed E-state index contributed by atoms with van der Waals surface area (Å²) in [5.41, 5.74) is 5.02. The van der Waals surface area contributed by atoms with Crippen LogP contribution in [0.2, 0.25) is 0 Å². The molecule has 2 fully saturated rings. The van der Waals surface area contributed by atoms with Gasteiger partial charge in [0.15, 0.2) is 0 Å². The van der Waals surface area contributed by atoms with E-state index in [9.17, 15) is 14.4 Å². The number of nitrogens with two attached hydrogens (primary N) is 2. The first kappa shape index (κ1) is 17.6. The number of hydrogen-bond acceptors (Lipinski definition) is 6. The number of rotatable bonds is 7. The summed E-state index contributed by atoms with van der Waals surface area (Å²) in [5, 5.41) is 4.43. The number of esters is 1. The van der Waals surface area contributed by atoms with Crippen molar-refractivity contribution in [2.24, 2.45) is 11.6 Å². The van der Waals surface area contributed by atoms with E-state index in [2.05, 4.69) is 5.32 Å². The summed E-state index contributed by atoms with van der Waals surface area (Å²) >= 11 is 3.48. The molecule has 5 N–H and O–H groups in total. The van der Waals surface area contributed by atoms with Crippen molar-refractivity contribution in [3.05, 3.63) is 0 Å². The van der Waals surface area contributed by atoms with Crippen LogP contribution in [0.15, 0.2) is 0 Å². The van der Waals surface area contributed by atoms with E-state index in [-0.39, 0.29) is 29.8 Å². The van der Waals surface area contributed by atoms with Gasteiger partial charge < -0.3 is 15.8 Å². The van der Waals surface area contributed by atoms with Gasteiger partial charge >= 0.3 is 12.0 Å². The Hall–Kier alpha value is -0.750. The summed E-state index contributed by atoms with van der Waals surface area (Å²) in [6.07, 6.45) is 2.63. The number of nitrogens with one attached hydrogen (secondary N) is 1. The van der Waals surface area contributed by atoms with E-state index in [1.54, 1.807) is 34.4 Å². The van der Waals surface area contributed by atoms with Gasteiger partial charge in [-0.25, -0.2) is 10.6 Å². The zero-order valence-electron chi connectivity index (χ0n) is 11.9. The molecule has 10 heteroatoms. The minimum Gasteiger partial charge on any atom is -0.441 e. The van der Waals surface area contributed by atoms with E-state index in [1.165, 1.54) is 5.01 Å². The van der Waals surface area contributed by atoms with Crippen LogP contribution < -0.4 is 16.9 Å². The highest BCUT2D eigenvalue weighted by molar-refractivity contribution is 14.1. The first-order valence-corrected chi connectivity index (χ1v) is 9.28. The summed E-state index contributed by atoms with van der Waals surface area (Å²) in [7, 11) is 0. The van der Waals surface area contributed by atoms with Crippen LogP contribution in [-0.2, 0) is 14.3 Å². The Balaban J connectivity index is 1.66. The van der Waals surface area contributed by atoms with Gasteiger partial charge in [-0.3, -0.25) is 14.6 Å². The van der Waals surface area contributed by atoms with E-state index in [0.29, 0.717) is 6.42 Å². The number of primary amides is 1. The molecular weight excluding hydrogens is 423 g/mol. The summed E-state index contributed by atoms with van der Waals surface area (Å²) in [6.45, 7) is 0. The molecule has 0 aliphatic carbocycles. The quantitative estimate of drug-likeness (QED) is 0.0976. The summed E-state index contributed by atoms with van der Waals surface area (Å²) in [4.78, 5) is 33.8. The topological polar surface area (TPSA) is 128 Å². The first-order chi connectivity index (χ1) is 10.4. The standard InChI is InChI=1S/C12H19IN4O4S/c13-10(11(14)19)21-8(18)4-2-1-3-7-9-6(5-22-7)16-12(20)17(9)15/h6-7,9-10H,1-5,15H2,(H2,14,19)(H,16,20)/t6-,7-,9-,10?/m1/s1. The van der Waals surface area contributed by atoms with Gasteiger partial charge in [-0.05, 0) is 35.4 Å². The third-order valence-electron chi connectivity index (χ3n) is 3.73. The molecule has 2 aliphatic rings. The number of carbonyl (C=O) groups is 3. The van der Waals surface area contributed by atoms with Crippen molar-refractivity contribution < 1.29 is 19.1 Å². The van der Waals surface area contributed by atoms with Gasteiger partial charge in [0, 0.05) is 17.4 Å². The fourth-order valence-electron chi connectivity index (χ4n) is 2.65. The second kappa shape index (κ2) is 7.68. The molecule has 3 amide bonds. The number of urea groups is 1. The van der Waals surface area contributed by atoms with E-state index in [1.807, 2.05) is 0 Å². The van der Waals surface area contributed by atoms with Crippen molar-refractivity contribution in [2.75, 3.05) is 5.75 Å². The second-order valence-electron chi connectivity index (χ2n) is 5.28. The number of fused-ring (bicyclic) bond motifs is 1. The van der Waals surface area contributed by atoms with Crippen LogP contribution in [-0.4, -0.2) is 50.1 Å². The van der Waals surface area contributed by atoms with Gasteiger partial charge in [0.05, 0.1) is 12.1 Å². The summed E-state index contributed by atoms with van der Waals surface area (Å²) in [5.74, 6) is 5.56. The van der Waals surface area contributed by atoms with Crippen molar-refractivity contribution in [2.45, 2.75) is 47.1 Å². The molecule has 2 heterocycles. The zero-order valence-corrected chi connectivity index (χ0v) is 14.8. The van der Waals surface area contributed by atoms with Crippen molar-refractivity contribution in [3.8, 4) is 0 Å². The van der Waals surface area contributed by atoms with Gasteiger partial charge in [-0.2, -0.15) is 11.8 Å². The Labute approximate surface area is 146 Å². The van der Waals surface area contributed by atoms with Crippen molar-refractivity contribution >= 4 is 52.3 Å². The molecule has 0 radical (unpaired) electrons. The average molecular weight is 442 g/mol. The number of halogens is 1. The number of amides is 3.